The van der Waals surface area contributed by atoms with Gasteiger partial charge in [-0.1, -0.05) is 13.8 Å². The van der Waals surface area contributed by atoms with Gasteiger partial charge in [-0.25, -0.2) is 4.98 Å². The van der Waals surface area contributed by atoms with Crippen LogP contribution >= 0.6 is 0 Å². The number of nitrogens with zero attached hydrogens (tertiary/aromatic N) is 3. The Bertz CT molecular complexity index is 976. The smallest absolute Gasteiger partial charge is 0.310 e. The van der Waals surface area contributed by atoms with E-state index in [4.69, 9.17) is 14.2 Å². The summed E-state index contributed by atoms with van der Waals surface area (Å²) >= 11 is 0. The number of carbonyl (C=O) groups excluding carboxylic acids is 1. The van der Waals surface area contributed by atoms with Crippen LogP contribution < -0.4 is 9.64 Å². The van der Waals surface area contributed by atoms with Gasteiger partial charge in [0.25, 0.3) is 0 Å². The van der Waals surface area contributed by atoms with Crippen LogP contribution in [0.1, 0.15) is 65.6 Å². The van der Waals surface area contributed by atoms with Gasteiger partial charge in [0.2, 0.25) is 5.88 Å². The molecule has 0 N–H and O–H groups in total. The lowest BCUT2D eigenvalue weighted by molar-refractivity contribution is -0.146. The van der Waals surface area contributed by atoms with Crippen molar-refractivity contribution < 1.29 is 19.0 Å². The molecular weight excluding hydrogens is 442 g/mol. The number of carbonyl (C=O) groups is 1. The summed E-state index contributed by atoms with van der Waals surface area (Å²) in [6.45, 7) is 17.2. The Morgan fingerprint density at radius 3 is 2.34 bits per heavy atom. The molecule has 0 aromatic carbocycles. The summed E-state index contributed by atoms with van der Waals surface area (Å²) in [6, 6.07) is 3.88. The highest BCUT2D eigenvalue weighted by Crippen LogP contribution is 2.40. The summed E-state index contributed by atoms with van der Waals surface area (Å²) < 4.78 is 16.7. The van der Waals surface area contributed by atoms with E-state index in [9.17, 15) is 4.79 Å². The number of aromatic nitrogens is 2. The molecule has 192 valence electrons. The molecule has 35 heavy (non-hydrogen) atoms. The minimum atomic E-state index is -0.230. The molecular formula is C28H41N3O4. The molecule has 0 spiro atoms. The van der Waals surface area contributed by atoms with Crippen molar-refractivity contribution in [1.82, 2.24) is 9.97 Å². The first-order chi connectivity index (χ1) is 16.6. The van der Waals surface area contributed by atoms with Gasteiger partial charge >= 0.3 is 5.97 Å². The van der Waals surface area contributed by atoms with Crippen LogP contribution in [0, 0.1) is 12.3 Å². The standard InChI is InChI=1S/C28H41N3O4/c1-19(2)33-14-15-34-25-9-8-22(17-30-25)24-18-29-21(5)23(16-26(32)35-20(3)4)27(24)31-12-10-28(6,7)11-13-31/h8-9,17-20H,10-16H2,1-7H3. The number of pyridine rings is 2. The van der Waals surface area contributed by atoms with Gasteiger partial charge < -0.3 is 19.1 Å². The third kappa shape index (κ3) is 7.66. The molecule has 0 unspecified atom stereocenters. The first-order valence-electron chi connectivity index (χ1n) is 12.7. The zero-order valence-corrected chi connectivity index (χ0v) is 22.4. The molecule has 0 saturated carbocycles. The van der Waals surface area contributed by atoms with Gasteiger partial charge in [0.05, 0.1) is 30.9 Å². The molecule has 3 rings (SSSR count). The molecule has 0 bridgehead atoms. The van der Waals surface area contributed by atoms with Gasteiger partial charge in [-0.2, -0.15) is 0 Å². The van der Waals surface area contributed by atoms with Gasteiger partial charge in [0, 0.05) is 53.9 Å². The normalized spacial score (nSPS) is 15.5. The molecule has 0 atom stereocenters. The molecule has 1 saturated heterocycles. The molecule has 0 amide bonds. The van der Waals surface area contributed by atoms with Crippen molar-refractivity contribution >= 4 is 11.7 Å². The second-order valence-electron chi connectivity index (χ2n) is 10.6. The maximum atomic E-state index is 12.7. The number of esters is 1. The van der Waals surface area contributed by atoms with E-state index in [-0.39, 0.29) is 24.6 Å². The summed E-state index contributed by atoms with van der Waals surface area (Å²) in [7, 11) is 0. The van der Waals surface area contributed by atoms with E-state index in [2.05, 4.69) is 28.7 Å². The maximum Gasteiger partial charge on any atom is 0.310 e. The molecule has 2 aromatic heterocycles. The van der Waals surface area contributed by atoms with E-state index in [1.54, 1.807) is 0 Å². The van der Waals surface area contributed by atoms with Crippen LogP contribution in [0.25, 0.3) is 11.1 Å². The molecule has 7 heteroatoms. The molecule has 1 fully saturated rings. The molecule has 3 heterocycles. The number of piperidine rings is 1. The van der Waals surface area contributed by atoms with Gasteiger partial charge in [0.15, 0.2) is 0 Å². The fourth-order valence-corrected chi connectivity index (χ4v) is 4.26. The Balaban J connectivity index is 1.91. The number of anilines is 1. The van der Waals surface area contributed by atoms with Crippen LogP contribution in [0.2, 0.25) is 0 Å². The highest BCUT2D eigenvalue weighted by atomic mass is 16.5. The molecule has 0 radical (unpaired) electrons. The summed E-state index contributed by atoms with van der Waals surface area (Å²) in [5.41, 5.74) is 5.09. The second kappa shape index (κ2) is 11.8. The van der Waals surface area contributed by atoms with Crippen molar-refractivity contribution in [1.29, 1.82) is 0 Å². The maximum absolute atomic E-state index is 12.7. The zero-order valence-electron chi connectivity index (χ0n) is 22.4. The van der Waals surface area contributed by atoms with Crippen molar-refractivity contribution in [2.75, 3.05) is 31.2 Å². The number of hydrogen-bond donors (Lipinski definition) is 0. The van der Waals surface area contributed by atoms with Crippen molar-refractivity contribution in [3.8, 4) is 17.0 Å². The SMILES string of the molecule is Cc1ncc(-c2ccc(OCCOC(C)C)nc2)c(N2CCC(C)(C)CC2)c1CC(=O)OC(C)C. The average Bonchev–Trinajstić information content (AvgIpc) is 2.78. The van der Waals surface area contributed by atoms with E-state index in [0.717, 1.165) is 54.0 Å². The van der Waals surface area contributed by atoms with Crippen LogP contribution in [-0.4, -0.2) is 54.4 Å². The van der Waals surface area contributed by atoms with E-state index < -0.39 is 0 Å². The highest BCUT2D eigenvalue weighted by Gasteiger charge is 2.29. The van der Waals surface area contributed by atoms with E-state index >= 15 is 0 Å². The lowest BCUT2D eigenvalue weighted by Crippen LogP contribution is -2.38. The van der Waals surface area contributed by atoms with Gasteiger partial charge in [-0.3, -0.25) is 9.78 Å². The molecule has 2 aromatic rings. The minimum absolute atomic E-state index is 0.152. The predicted octanol–water partition coefficient (Wildman–Crippen LogP) is 5.38. The fourth-order valence-electron chi connectivity index (χ4n) is 4.26. The number of rotatable bonds is 10. The highest BCUT2D eigenvalue weighted by molar-refractivity contribution is 5.85. The average molecular weight is 484 g/mol. The van der Waals surface area contributed by atoms with Crippen LogP contribution in [0.3, 0.4) is 0 Å². The minimum Gasteiger partial charge on any atom is -0.475 e. The number of ether oxygens (including phenoxy) is 3. The Morgan fingerprint density at radius 2 is 1.74 bits per heavy atom. The predicted molar refractivity (Wildman–Crippen MR) is 139 cm³/mol. The van der Waals surface area contributed by atoms with Crippen LogP contribution in [0.4, 0.5) is 5.69 Å². The zero-order chi connectivity index (χ0) is 25.6. The Kier molecular flexibility index (Phi) is 9.11. The van der Waals surface area contributed by atoms with Crippen LogP contribution in [0.15, 0.2) is 24.5 Å². The quantitative estimate of drug-likeness (QED) is 0.332. The van der Waals surface area contributed by atoms with Gasteiger partial charge in [-0.15, -0.1) is 0 Å². The summed E-state index contributed by atoms with van der Waals surface area (Å²) in [5.74, 6) is 0.328. The number of aryl methyl sites for hydroxylation is 1. The van der Waals surface area contributed by atoms with E-state index in [1.807, 2.05) is 59.1 Å². The van der Waals surface area contributed by atoms with Crippen molar-refractivity contribution in [3.63, 3.8) is 0 Å². The summed E-state index contributed by atoms with van der Waals surface area (Å²) in [6.07, 6.45) is 6.12. The fraction of sp³-hybridized carbons (Fsp3) is 0.607. The van der Waals surface area contributed by atoms with Gasteiger partial charge in [0.1, 0.15) is 6.61 Å². The molecule has 1 aliphatic rings. The summed E-state index contributed by atoms with van der Waals surface area (Å²) in [5, 5.41) is 0. The van der Waals surface area contributed by atoms with Crippen molar-refractivity contribution in [3.05, 3.63) is 35.8 Å². The first kappa shape index (κ1) is 26.9. The molecule has 1 aliphatic heterocycles. The Labute approximate surface area is 210 Å². The number of hydrogen-bond acceptors (Lipinski definition) is 7. The van der Waals surface area contributed by atoms with E-state index in [0.29, 0.717) is 24.5 Å². The largest absolute Gasteiger partial charge is 0.475 e. The van der Waals surface area contributed by atoms with Crippen molar-refractivity contribution in [2.45, 2.75) is 79.9 Å². The summed E-state index contributed by atoms with van der Waals surface area (Å²) in [4.78, 5) is 24.2. The third-order valence-electron chi connectivity index (χ3n) is 6.32. The van der Waals surface area contributed by atoms with Crippen molar-refractivity contribution in [2.24, 2.45) is 5.41 Å². The molecule has 7 nitrogen and oxygen atoms in total. The van der Waals surface area contributed by atoms with Crippen LogP contribution in [-0.2, 0) is 20.7 Å². The van der Waals surface area contributed by atoms with E-state index in [1.165, 1.54) is 0 Å². The Hall–Kier alpha value is -2.67. The lowest BCUT2D eigenvalue weighted by atomic mass is 9.82. The topological polar surface area (TPSA) is 73.8 Å². The monoisotopic (exact) mass is 483 g/mol. The van der Waals surface area contributed by atoms with Gasteiger partial charge in [-0.05, 0) is 58.9 Å². The second-order valence-corrected chi connectivity index (χ2v) is 10.6. The molecule has 0 aliphatic carbocycles. The first-order valence-corrected chi connectivity index (χ1v) is 12.7. The van der Waals surface area contributed by atoms with Crippen LogP contribution in [0.5, 0.6) is 5.88 Å². The third-order valence-corrected chi connectivity index (χ3v) is 6.32. The lowest BCUT2D eigenvalue weighted by Gasteiger charge is -2.40. The Morgan fingerprint density at radius 1 is 1.03 bits per heavy atom.